The SMILES string of the molecule is CCC(C(=O)O)N(C)C(=O)N1CC(C)OC(C)C1. The maximum atomic E-state index is 12.2. The van der Waals surface area contributed by atoms with Gasteiger partial charge in [-0.1, -0.05) is 6.92 Å². The number of ether oxygens (including phenoxy) is 1. The zero-order valence-electron chi connectivity index (χ0n) is 11.4. The van der Waals surface area contributed by atoms with Gasteiger partial charge < -0.3 is 19.6 Å². The van der Waals surface area contributed by atoms with Gasteiger partial charge >= 0.3 is 12.0 Å². The number of amides is 2. The van der Waals surface area contributed by atoms with Crippen LogP contribution in [-0.2, 0) is 9.53 Å². The molecule has 2 amide bonds. The second kappa shape index (κ2) is 6.04. The molecule has 1 N–H and O–H groups in total. The normalized spacial score (nSPS) is 25.7. The highest BCUT2D eigenvalue weighted by Gasteiger charge is 2.32. The highest BCUT2D eigenvalue weighted by atomic mass is 16.5. The molecule has 0 spiro atoms. The lowest BCUT2D eigenvalue weighted by Crippen LogP contribution is -2.55. The summed E-state index contributed by atoms with van der Waals surface area (Å²) >= 11 is 0. The van der Waals surface area contributed by atoms with Crippen LogP contribution in [0.5, 0.6) is 0 Å². The van der Waals surface area contributed by atoms with Crippen LogP contribution < -0.4 is 0 Å². The average molecular weight is 258 g/mol. The quantitative estimate of drug-likeness (QED) is 0.820. The maximum Gasteiger partial charge on any atom is 0.326 e. The third-order valence-corrected chi connectivity index (χ3v) is 3.13. The van der Waals surface area contributed by atoms with Crippen molar-refractivity contribution in [2.75, 3.05) is 20.1 Å². The van der Waals surface area contributed by atoms with Crippen LogP contribution in [-0.4, -0.2) is 65.3 Å². The predicted octanol–water partition coefficient (Wildman–Crippen LogP) is 1.01. The molecule has 1 fully saturated rings. The van der Waals surface area contributed by atoms with Crippen molar-refractivity contribution in [3.63, 3.8) is 0 Å². The second-order valence-electron chi connectivity index (χ2n) is 4.82. The molecule has 0 saturated carbocycles. The van der Waals surface area contributed by atoms with E-state index in [2.05, 4.69) is 0 Å². The van der Waals surface area contributed by atoms with E-state index in [1.54, 1.807) is 11.8 Å². The lowest BCUT2D eigenvalue weighted by molar-refractivity contribution is -0.142. The standard InChI is InChI=1S/C12H22N2O4/c1-5-10(11(15)16)13(4)12(17)14-6-8(2)18-9(3)7-14/h8-10H,5-7H2,1-4H3,(H,15,16). The zero-order valence-corrected chi connectivity index (χ0v) is 11.4. The fraction of sp³-hybridized carbons (Fsp3) is 0.833. The van der Waals surface area contributed by atoms with E-state index in [1.807, 2.05) is 13.8 Å². The van der Waals surface area contributed by atoms with Gasteiger partial charge in [0.05, 0.1) is 12.2 Å². The first-order valence-corrected chi connectivity index (χ1v) is 6.26. The fourth-order valence-corrected chi connectivity index (χ4v) is 2.30. The summed E-state index contributed by atoms with van der Waals surface area (Å²) in [5, 5.41) is 9.06. The number of carboxylic acid groups (broad SMARTS) is 1. The van der Waals surface area contributed by atoms with Crippen molar-refractivity contribution in [1.82, 2.24) is 9.80 Å². The van der Waals surface area contributed by atoms with E-state index in [0.29, 0.717) is 19.5 Å². The number of urea groups is 1. The Morgan fingerprint density at radius 1 is 1.39 bits per heavy atom. The summed E-state index contributed by atoms with van der Waals surface area (Å²) in [6.07, 6.45) is 0.361. The van der Waals surface area contributed by atoms with Gasteiger partial charge in [-0.3, -0.25) is 0 Å². The van der Waals surface area contributed by atoms with Crippen LogP contribution >= 0.6 is 0 Å². The first-order valence-electron chi connectivity index (χ1n) is 6.26. The van der Waals surface area contributed by atoms with E-state index in [4.69, 9.17) is 9.84 Å². The Labute approximate surface area is 107 Å². The molecule has 0 aliphatic carbocycles. The van der Waals surface area contributed by atoms with Gasteiger partial charge in [0.2, 0.25) is 0 Å². The smallest absolute Gasteiger partial charge is 0.326 e. The summed E-state index contributed by atoms with van der Waals surface area (Å²) in [6, 6.07) is -1.02. The monoisotopic (exact) mass is 258 g/mol. The van der Waals surface area contributed by atoms with Gasteiger partial charge in [0.15, 0.2) is 0 Å². The van der Waals surface area contributed by atoms with Gasteiger partial charge in [-0.2, -0.15) is 0 Å². The van der Waals surface area contributed by atoms with E-state index in [-0.39, 0.29) is 18.2 Å². The molecule has 1 saturated heterocycles. The molecule has 6 nitrogen and oxygen atoms in total. The van der Waals surface area contributed by atoms with E-state index in [1.165, 1.54) is 11.9 Å². The van der Waals surface area contributed by atoms with E-state index in [0.717, 1.165) is 0 Å². The molecule has 1 heterocycles. The topological polar surface area (TPSA) is 70.1 Å². The number of carboxylic acids is 1. The number of hydrogen-bond acceptors (Lipinski definition) is 3. The minimum absolute atomic E-state index is 0.0176. The number of carbonyl (C=O) groups excluding carboxylic acids is 1. The van der Waals surface area contributed by atoms with Crippen molar-refractivity contribution in [3.05, 3.63) is 0 Å². The summed E-state index contributed by atoms with van der Waals surface area (Å²) in [5.41, 5.74) is 0. The molecule has 3 atom stereocenters. The molecule has 0 aromatic heterocycles. The molecule has 104 valence electrons. The summed E-state index contributed by atoms with van der Waals surface area (Å²) in [7, 11) is 1.54. The lowest BCUT2D eigenvalue weighted by Gasteiger charge is -2.38. The van der Waals surface area contributed by atoms with Gasteiger partial charge in [0.25, 0.3) is 0 Å². The third kappa shape index (κ3) is 3.35. The molecule has 1 aliphatic heterocycles. The van der Waals surface area contributed by atoms with Crippen molar-refractivity contribution in [2.24, 2.45) is 0 Å². The Kier molecular flexibility index (Phi) is 4.95. The molecular formula is C12H22N2O4. The number of carbonyl (C=O) groups is 2. The zero-order chi connectivity index (χ0) is 13.9. The lowest BCUT2D eigenvalue weighted by atomic mass is 10.2. The largest absolute Gasteiger partial charge is 0.480 e. The average Bonchev–Trinajstić information content (AvgIpc) is 2.26. The Morgan fingerprint density at radius 2 is 1.89 bits per heavy atom. The highest BCUT2D eigenvalue weighted by molar-refractivity contribution is 5.82. The van der Waals surface area contributed by atoms with Gasteiger partial charge in [-0.15, -0.1) is 0 Å². The van der Waals surface area contributed by atoms with E-state index < -0.39 is 12.0 Å². The van der Waals surface area contributed by atoms with Crippen LogP contribution in [0.3, 0.4) is 0 Å². The van der Waals surface area contributed by atoms with Crippen LogP contribution in [0, 0.1) is 0 Å². The molecule has 3 unspecified atom stereocenters. The number of hydrogen-bond donors (Lipinski definition) is 1. The van der Waals surface area contributed by atoms with Crippen molar-refractivity contribution >= 4 is 12.0 Å². The first-order chi connectivity index (χ1) is 8.36. The molecule has 0 radical (unpaired) electrons. The van der Waals surface area contributed by atoms with Gasteiger partial charge in [0.1, 0.15) is 6.04 Å². The third-order valence-electron chi connectivity index (χ3n) is 3.13. The Balaban J connectivity index is 2.70. The first kappa shape index (κ1) is 14.8. The minimum atomic E-state index is -0.970. The molecular weight excluding hydrogens is 236 g/mol. The molecule has 0 aromatic rings. The van der Waals surface area contributed by atoms with Crippen molar-refractivity contribution in [1.29, 1.82) is 0 Å². The minimum Gasteiger partial charge on any atom is -0.480 e. The van der Waals surface area contributed by atoms with Gasteiger partial charge in [-0.05, 0) is 20.3 Å². The summed E-state index contributed by atoms with van der Waals surface area (Å²) < 4.78 is 5.55. The second-order valence-corrected chi connectivity index (χ2v) is 4.82. The number of nitrogens with zero attached hydrogens (tertiary/aromatic N) is 2. The Morgan fingerprint density at radius 3 is 2.28 bits per heavy atom. The molecule has 18 heavy (non-hydrogen) atoms. The van der Waals surface area contributed by atoms with Gasteiger partial charge in [-0.25, -0.2) is 9.59 Å². The van der Waals surface area contributed by atoms with Crippen LogP contribution in [0.15, 0.2) is 0 Å². The van der Waals surface area contributed by atoms with Crippen LogP contribution in [0.25, 0.3) is 0 Å². The fourth-order valence-electron chi connectivity index (χ4n) is 2.30. The number of rotatable bonds is 3. The summed E-state index contributed by atoms with van der Waals surface area (Å²) in [5.74, 6) is -0.970. The molecule has 1 rings (SSSR count). The highest BCUT2D eigenvalue weighted by Crippen LogP contribution is 2.14. The number of aliphatic carboxylic acids is 1. The number of morpholine rings is 1. The van der Waals surface area contributed by atoms with Crippen LogP contribution in [0.4, 0.5) is 4.79 Å². The molecule has 6 heteroatoms. The summed E-state index contributed by atoms with van der Waals surface area (Å²) in [6.45, 7) is 6.58. The summed E-state index contributed by atoms with van der Waals surface area (Å²) in [4.78, 5) is 26.2. The van der Waals surface area contributed by atoms with Crippen molar-refractivity contribution in [2.45, 2.75) is 45.4 Å². The van der Waals surface area contributed by atoms with Crippen LogP contribution in [0.2, 0.25) is 0 Å². The predicted molar refractivity (Wildman–Crippen MR) is 66.5 cm³/mol. The number of likely N-dealkylation sites (N-methyl/N-ethyl adjacent to an activating group) is 1. The van der Waals surface area contributed by atoms with Crippen molar-refractivity contribution < 1.29 is 19.4 Å². The Bertz CT molecular complexity index is 311. The van der Waals surface area contributed by atoms with Crippen LogP contribution in [0.1, 0.15) is 27.2 Å². The molecule has 0 bridgehead atoms. The molecule has 0 aromatic carbocycles. The maximum absolute atomic E-state index is 12.2. The van der Waals surface area contributed by atoms with Gasteiger partial charge in [0, 0.05) is 20.1 Å². The Hall–Kier alpha value is -1.30. The molecule has 1 aliphatic rings. The van der Waals surface area contributed by atoms with E-state index >= 15 is 0 Å². The van der Waals surface area contributed by atoms with Crippen molar-refractivity contribution in [3.8, 4) is 0 Å². The van der Waals surface area contributed by atoms with E-state index in [9.17, 15) is 9.59 Å².